The van der Waals surface area contributed by atoms with Gasteiger partial charge < -0.3 is 16.0 Å². The minimum atomic E-state index is -0.289. The van der Waals surface area contributed by atoms with Gasteiger partial charge in [0, 0.05) is 25.0 Å². The Bertz CT molecular complexity index is 619. The molecule has 3 N–H and O–H groups in total. The van der Waals surface area contributed by atoms with Crippen molar-refractivity contribution in [2.75, 3.05) is 23.7 Å². The molecule has 6 nitrogen and oxygen atoms in total. The number of aromatic nitrogens is 1. The average molecular weight is 281 g/mol. The van der Waals surface area contributed by atoms with E-state index in [1.807, 2.05) is 24.3 Å². The summed E-state index contributed by atoms with van der Waals surface area (Å²) in [5.41, 5.74) is 1.20. The summed E-state index contributed by atoms with van der Waals surface area (Å²) in [6, 6.07) is 14.0. The van der Waals surface area contributed by atoms with E-state index in [2.05, 4.69) is 20.9 Å². The molecule has 1 aromatic carbocycles. The first kappa shape index (κ1) is 14.3. The third-order valence-corrected chi connectivity index (χ3v) is 2.65. The Kier molecular flexibility index (Phi) is 5.12. The third-order valence-electron chi connectivity index (χ3n) is 2.65. The molecule has 0 aliphatic carbocycles. The average Bonchev–Trinajstić information content (AvgIpc) is 2.53. The van der Waals surface area contributed by atoms with E-state index in [9.17, 15) is 4.79 Å². The molecule has 6 heteroatoms. The summed E-state index contributed by atoms with van der Waals surface area (Å²) < 4.78 is 0. The number of nitrogens with zero attached hydrogens (tertiary/aromatic N) is 2. The molecular weight excluding hydrogens is 266 g/mol. The quantitative estimate of drug-likeness (QED) is 0.733. The van der Waals surface area contributed by atoms with Crippen molar-refractivity contribution in [1.82, 2.24) is 10.3 Å². The normalized spacial score (nSPS) is 9.48. The topological polar surface area (TPSA) is 89.8 Å². The monoisotopic (exact) mass is 281 g/mol. The molecule has 106 valence electrons. The molecule has 0 spiro atoms. The van der Waals surface area contributed by atoms with Crippen LogP contribution in [0.4, 0.5) is 16.3 Å². The number of anilines is 2. The van der Waals surface area contributed by atoms with Crippen molar-refractivity contribution in [3.05, 3.63) is 54.2 Å². The molecular formula is C15H15N5O. The summed E-state index contributed by atoms with van der Waals surface area (Å²) in [5.74, 6) is 0.770. The Balaban J connectivity index is 1.69. The van der Waals surface area contributed by atoms with Gasteiger partial charge in [0.1, 0.15) is 5.82 Å². The molecule has 2 rings (SSSR count). The van der Waals surface area contributed by atoms with E-state index < -0.39 is 0 Å². The van der Waals surface area contributed by atoms with Gasteiger partial charge in [0.15, 0.2) is 0 Å². The van der Waals surface area contributed by atoms with Gasteiger partial charge in [0.05, 0.1) is 11.6 Å². The highest BCUT2D eigenvalue weighted by molar-refractivity contribution is 5.89. The number of urea groups is 1. The molecule has 0 saturated carbocycles. The third kappa shape index (κ3) is 4.84. The number of pyridine rings is 1. The molecule has 0 atom stereocenters. The lowest BCUT2D eigenvalue weighted by Crippen LogP contribution is -2.32. The predicted octanol–water partition coefficient (Wildman–Crippen LogP) is 2.19. The lowest BCUT2D eigenvalue weighted by Gasteiger charge is -2.08. The smallest absolute Gasteiger partial charge is 0.319 e. The number of amides is 2. The van der Waals surface area contributed by atoms with Gasteiger partial charge in [-0.25, -0.2) is 9.78 Å². The van der Waals surface area contributed by atoms with E-state index in [1.165, 1.54) is 0 Å². The standard InChI is InChI=1S/C15H15N5O/c16-11-12-4-6-13(7-5-12)20-15(21)19-10-9-18-14-3-1-2-8-17-14/h1-8H,9-10H2,(H,17,18)(H2,19,20,21). The summed E-state index contributed by atoms with van der Waals surface area (Å²) in [4.78, 5) is 15.8. The number of carbonyl (C=O) groups excluding carboxylic acids is 1. The Morgan fingerprint density at radius 3 is 2.62 bits per heavy atom. The molecule has 0 bridgehead atoms. The van der Waals surface area contributed by atoms with Gasteiger partial charge in [0.2, 0.25) is 0 Å². The van der Waals surface area contributed by atoms with Crippen LogP contribution in [0.5, 0.6) is 0 Å². The van der Waals surface area contributed by atoms with Crippen LogP contribution in [0.2, 0.25) is 0 Å². The summed E-state index contributed by atoms with van der Waals surface area (Å²) in [5, 5.41) is 17.2. The van der Waals surface area contributed by atoms with E-state index >= 15 is 0 Å². The lowest BCUT2D eigenvalue weighted by molar-refractivity contribution is 0.252. The summed E-state index contributed by atoms with van der Waals surface area (Å²) in [7, 11) is 0. The second-order valence-electron chi connectivity index (χ2n) is 4.21. The number of hydrogen-bond acceptors (Lipinski definition) is 4. The summed E-state index contributed by atoms with van der Waals surface area (Å²) >= 11 is 0. The highest BCUT2D eigenvalue weighted by atomic mass is 16.2. The van der Waals surface area contributed by atoms with Crippen molar-refractivity contribution in [1.29, 1.82) is 5.26 Å². The minimum absolute atomic E-state index is 0.289. The zero-order valence-corrected chi connectivity index (χ0v) is 11.3. The van der Waals surface area contributed by atoms with Crippen molar-refractivity contribution in [3.8, 4) is 6.07 Å². The van der Waals surface area contributed by atoms with Crippen LogP contribution in [0.1, 0.15) is 5.56 Å². The van der Waals surface area contributed by atoms with Gasteiger partial charge in [-0.15, -0.1) is 0 Å². The predicted molar refractivity (Wildman–Crippen MR) is 80.9 cm³/mol. The lowest BCUT2D eigenvalue weighted by atomic mass is 10.2. The van der Waals surface area contributed by atoms with Gasteiger partial charge >= 0.3 is 6.03 Å². The van der Waals surface area contributed by atoms with Crippen LogP contribution < -0.4 is 16.0 Å². The van der Waals surface area contributed by atoms with E-state index in [1.54, 1.807) is 30.5 Å². The molecule has 0 aliphatic rings. The molecule has 1 heterocycles. The minimum Gasteiger partial charge on any atom is -0.368 e. The van der Waals surface area contributed by atoms with E-state index in [0.29, 0.717) is 24.3 Å². The van der Waals surface area contributed by atoms with Crippen LogP contribution in [-0.2, 0) is 0 Å². The second-order valence-corrected chi connectivity index (χ2v) is 4.21. The maximum atomic E-state index is 11.6. The van der Waals surface area contributed by atoms with Crippen molar-refractivity contribution in [2.45, 2.75) is 0 Å². The SMILES string of the molecule is N#Cc1ccc(NC(=O)NCCNc2ccccn2)cc1. The van der Waals surface area contributed by atoms with Crippen LogP contribution in [0.15, 0.2) is 48.7 Å². The number of carbonyl (C=O) groups is 1. The largest absolute Gasteiger partial charge is 0.368 e. The Morgan fingerprint density at radius 1 is 1.14 bits per heavy atom. The van der Waals surface area contributed by atoms with Crippen molar-refractivity contribution in [3.63, 3.8) is 0 Å². The fourth-order valence-corrected chi connectivity index (χ4v) is 1.64. The molecule has 0 aliphatic heterocycles. The highest BCUT2D eigenvalue weighted by Gasteiger charge is 2.01. The van der Waals surface area contributed by atoms with E-state index in [0.717, 1.165) is 5.82 Å². The van der Waals surface area contributed by atoms with Crippen molar-refractivity contribution in [2.24, 2.45) is 0 Å². The first-order valence-electron chi connectivity index (χ1n) is 6.48. The number of nitriles is 1. The van der Waals surface area contributed by atoms with Gasteiger partial charge in [-0.05, 0) is 36.4 Å². The number of benzene rings is 1. The van der Waals surface area contributed by atoms with Crippen LogP contribution in [0.3, 0.4) is 0 Å². The second kappa shape index (κ2) is 7.50. The molecule has 0 radical (unpaired) electrons. The van der Waals surface area contributed by atoms with Crippen molar-refractivity contribution < 1.29 is 4.79 Å². The zero-order valence-electron chi connectivity index (χ0n) is 11.3. The first-order chi connectivity index (χ1) is 10.3. The molecule has 1 aromatic heterocycles. The highest BCUT2D eigenvalue weighted by Crippen LogP contribution is 2.08. The molecule has 0 unspecified atom stereocenters. The first-order valence-corrected chi connectivity index (χ1v) is 6.48. The molecule has 21 heavy (non-hydrogen) atoms. The number of nitrogens with one attached hydrogen (secondary N) is 3. The summed E-state index contributed by atoms with van der Waals surface area (Å²) in [6.45, 7) is 1.05. The van der Waals surface area contributed by atoms with Gasteiger partial charge in [-0.1, -0.05) is 6.07 Å². The van der Waals surface area contributed by atoms with E-state index in [-0.39, 0.29) is 6.03 Å². The van der Waals surface area contributed by atoms with Crippen LogP contribution >= 0.6 is 0 Å². The van der Waals surface area contributed by atoms with Gasteiger partial charge in [-0.3, -0.25) is 0 Å². The maximum absolute atomic E-state index is 11.6. The van der Waals surface area contributed by atoms with Crippen LogP contribution in [-0.4, -0.2) is 24.1 Å². The number of rotatable bonds is 5. The summed E-state index contributed by atoms with van der Waals surface area (Å²) in [6.07, 6.45) is 1.70. The van der Waals surface area contributed by atoms with Crippen molar-refractivity contribution >= 4 is 17.5 Å². The molecule has 2 aromatic rings. The number of hydrogen-bond donors (Lipinski definition) is 3. The fraction of sp³-hybridized carbons (Fsp3) is 0.133. The van der Waals surface area contributed by atoms with Crippen LogP contribution in [0, 0.1) is 11.3 Å². The molecule has 2 amide bonds. The van der Waals surface area contributed by atoms with Crippen LogP contribution in [0.25, 0.3) is 0 Å². The zero-order chi connectivity index (χ0) is 14.9. The Labute approximate surface area is 122 Å². The Hall–Kier alpha value is -3.07. The molecule has 0 fully saturated rings. The van der Waals surface area contributed by atoms with E-state index in [4.69, 9.17) is 5.26 Å². The Morgan fingerprint density at radius 2 is 1.95 bits per heavy atom. The molecule has 0 saturated heterocycles. The van der Waals surface area contributed by atoms with Gasteiger partial charge in [0.25, 0.3) is 0 Å². The maximum Gasteiger partial charge on any atom is 0.319 e. The fourth-order valence-electron chi connectivity index (χ4n) is 1.64. The van der Waals surface area contributed by atoms with Gasteiger partial charge in [-0.2, -0.15) is 5.26 Å².